The molecule has 0 aliphatic heterocycles. The average Bonchev–Trinajstić information content (AvgIpc) is 2.63. The van der Waals surface area contributed by atoms with Gasteiger partial charge in [-0.25, -0.2) is 4.79 Å². The van der Waals surface area contributed by atoms with Crippen molar-refractivity contribution in [2.24, 2.45) is 0 Å². The van der Waals surface area contributed by atoms with Crippen molar-refractivity contribution in [3.63, 3.8) is 0 Å². The Labute approximate surface area is 146 Å². The van der Waals surface area contributed by atoms with Crippen molar-refractivity contribution < 1.29 is 28.5 Å². The minimum atomic E-state index is -0.575. The maximum Gasteiger partial charge on any atom is 0.343 e. The molecular formula is C19H20O6. The van der Waals surface area contributed by atoms with E-state index in [1.54, 1.807) is 49.4 Å². The molecule has 25 heavy (non-hydrogen) atoms. The van der Waals surface area contributed by atoms with Crippen molar-refractivity contribution >= 4 is 11.9 Å². The summed E-state index contributed by atoms with van der Waals surface area (Å²) in [5.41, 5.74) is 0.853. The fourth-order valence-corrected chi connectivity index (χ4v) is 2.20. The van der Waals surface area contributed by atoms with Crippen molar-refractivity contribution in [2.45, 2.75) is 13.3 Å². The molecule has 2 aromatic carbocycles. The number of hydrogen-bond donors (Lipinski definition) is 0. The number of esters is 2. The van der Waals surface area contributed by atoms with Gasteiger partial charge in [-0.15, -0.1) is 0 Å². The Balaban J connectivity index is 2.22. The molecule has 0 radical (unpaired) electrons. The number of hydrogen-bond acceptors (Lipinski definition) is 6. The van der Waals surface area contributed by atoms with Crippen molar-refractivity contribution in [1.82, 2.24) is 0 Å². The van der Waals surface area contributed by atoms with Gasteiger partial charge in [-0.05, 0) is 25.1 Å². The SMILES string of the molecule is CCOC(=O)Cc1ccccc1OC(=O)c1cc(OC)cc(OC)c1. The summed E-state index contributed by atoms with van der Waals surface area (Å²) in [5.74, 6) is 0.308. The summed E-state index contributed by atoms with van der Waals surface area (Å²) in [6, 6.07) is 11.6. The average molecular weight is 344 g/mol. The van der Waals surface area contributed by atoms with Crippen molar-refractivity contribution in [1.29, 1.82) is 0 Å². The standard InChI is InChI=1S/C19H20O6/c1-4-24-18(20)11-13-7-5-6-8-17(13)25-19(21)14-9-15(22-2)12-16(10-14)23-3/h5-10,12H,4,11H2,1-3H3. The fraction of sp³-hybridized carbons (Fsp3) is 0.263. The normalized spacial score (nSPS) is 10.0. The largest absolute Gasteiger partial charge is 0.497 e. The van der Waals surface area contributed by atoms with E-state index >= 15 is 0 Å². The first kappa shape index (κ1) is 18.3. The molecule has 0 spiro atoms. The Hall–Kier alpha value is -3.02. The van der Waals surface area contributed by atoms with Crippen LogP contribution in [0.3, 0.4) is 0 Å². The molecule has 132 valence electrons. The highest BCUT2D eigenvalue weighted by Crippen LogP contribution is 2.25. The number of ether oxygens (including phenoxy) is 4. The van der Waals surface area contributed by atoms with Gasteiger partial charge in [-0.1, -0.05) is 18.2 Å². The molecule has 6 heteroatoms. The van der Waals surface area contributed by atoms with E-state index in [-0.39, 0.29) is 18.0 Å². The van der Waals surface area contributed by atoms with Crippen LogP contribution in [-0.4, -0.2) is 32.8 Å². The monoisotopic (exact) mass is 344 g/mol. The third-order valence-corrected chi connectivity index (χ3v) is 3.40. The van der Waals surface area contributed by atoms with E-state index in [0.29, 0.717) is 29.4 Å². The van der Waals surface area contributed by atoms with Crippen LogP contribution in [0.1, 0.15) is 22.8 Å². The topological polar surface area (TPSA) is 71.1 Å². The van der Waals surface area contributed by atoms with Crippen LogP contribution in [0.4, 0.5) is 0 Å². The zero-order valence-corrected chi connectivity index (χ0v) is 14.4. The van der Waals surface area contributed by atoms with Crippen LogP contribution in [-0.2, 0) is 16.0 Å². The van der Waals surface area contributed by atoms with Crippen LogP contribution in [0.15, 0.2) is 42.5 Å². The lowest BCUT2D eigenvalue weighted by Gasteiger charge is -2.11. The summed E-state index contributed by atoms with van der Waals surface area (Å²) >= 11 is 0. The Kier molecular flexibility index (Phi) is 6.39. The molecule has 0 N–H and O–H groups in total. The van der Waals surface area contributed by atoms with E-state index in [1.165, 1.54) is 14.2 Å². The molecule has 0 unspecified atom stereocenters. The smallest absolute Gasteiger partial charge is 0.343 e. The quantitative estimate of drug-likeness (QED) is 0.568. The second-order valence-electron chi connectivity index (χ2n) is 5.08. The third-order valence-electron chi connectivity index (χ3n) is 3.40. The molecule has 0 heterocycles. The summed E-state index contributed by atoms with van der Waals surface area (Å²) in [6.45, 7) is 2.03. The Bertz CT molecular complexity index is 731. The van der Waals surface area contributed by atoms with Crippen LogP contribution >= 0.6 is 0 Å². The van der Waals surface area contributed by atoms with Gasteiger partial charge in [0.15, 0.2) is 0 Å². The van der Waals surface area contributed by atoms with Crippen molar-refractivity contribution in [3.05, 3.63) is 53.6 Å². The van der Waals surface area contributed by atoms with E-state index in [2.05, 4.69) is 0 Å². The van der Waals surface area contributed by atoms with Crippen LogP contribution in [0, 0.1) is 0 Å². The molecule has 0 saturated heterocycles. The van der Waals surface area contributed by atoms with Gasteiger partial charge in [-0.3, -0.25) is 4.79 Å². The minimum Gasteiger partial charge on any atom is -0.497 e. The van der Waals surface area contributed by atoms with Crippen LogP contribution < -0.4 is 14.2 Å². The Morgan fingerprint density at radius 1 is 0.960 bits per heavy atom. The van der Waals surface area contributed by atoms with Gasteiger partial charge in [0.25, 0.3) is 0 Å². The number of carbonyl (C=O) groups is 2. The minimum absolute atomic E-state index is 0.0265. The highest BCUT2D eigenvalue weighted by molar-refractivity contribution is 5.92. The lowest BCUT2D eigenvalue weighted by atomic mass is 10.1. The molecule has 0 aromatic heterocycles. The lowest BCUT2D eigenvalue weighted by Crippen LogP contribution is -2.13. The van der Waals surface area contributed by atoms with E-state index in [9.17, 15) is 9.59 Å². The molecule has 2 aromatic rings. The molecule has 0 bridgehead atoms. The maximum atomic E-state index is 12.5. The predicted octanol–water partition coefficient (Wildman–Crippen LogP) is 3.03. The van der Waals surface area contributed by atoms with Crippen molar-refractivity contribution in [3.8, 4) is 17.2 Å². The van der Waals surface area contributed by atoms with Crippen LogP contribution in [0.2, 0.25) is 0 Å². The van der Waals surface area contributed by atoms with Gasteiger partial charge >= 0.3 is 11.9 Å². The van der Waals surface area contributed by atoms with Gasteiger partial charge in [0, 0.05) is 11.6 Å². The summed E-state index contributed by atoms with van der Waals surface area (Å²) < 4.78 is 20.7. The van der Waals surface area contributed by atoms with Gasteiger partial charge in [0.1, 0.15) is 17.2 Å². The number of benzene rings is 2. The maximum absolute atomic E-state index is 12.5. The predicted molar refractivity (Wildman–Crippen MR) is 91.3 cm³/mol. The Morgan fingerprint density at radius 3 is 2.20 bits per heavy atom. The van der Waals surface area contributed by atoms with E-state index in [4.69, 9.17) is 18.9 Å². The van der Waals surface area contributed by atoms with Crippen molar-refractivity contribution in [2.75, 3.05) is 20.8 Å². The number of methoxy groups -OCH3 is 2. The molecule has 0 fully saturated rings. The molecule has 0 aliphatic rings. The second-order valence-corrected chi connectivity index (χ2v) is 5.08. The number of rotatable bonds is 7. The third kappa shape index (κ3) is 4.97. The van der Waals surface area contributed by atoms with Gasteiger partial charge in [-0.2, -0.15) is 0 Å². The number of carbonyl (C=O) groups excluding carboxylic acids is 2. The van der Waals surface area contributed by atoms with Gasteiger partial charge in [0.2, 0.25) is 0 Å². The summed E-state index contributed by atoms with van der Waals surface area (Å²) in [5, 5.41) is 0. The molecule has 0 amide bonds. The summed E-state index contributed by atoms with van der Waals surface area (Å²) in [4.78, 5) is 24.2. The van der Waals surface area contributed by atoms with E-state index < -0.39 is 5.97 Å². The zero-order chi connectivity index (χ0) is 18.2. The molecule has 6 nitrogen and oxygen atoms in total. The molecule has 0 atom stereocenters. The number of para-hydroxylation sites is 1. The lowest BCUT2D eigenvalue weighted by molar-refractivity contribution is -0.142. The first-order valence-electron chi connectivity index (χ1n) is 7.76. The molecular weight excluding hydrogens is 324 g/mol. The highest BCUT2D eigenvalue weighted by atomic mass is 16.5. The molecule has 0 saturated carbocycles. The van der Waals surface area contributed by atoms with E-state index in [1.807, 2.05) is 0 Å². The first-order chi connectivity index (χ1) is 12.1. The molecule has 2 rings (SSSR count). The first-order valence-corrected chi connectivity index (χ1v) is 7.76. The summed E-state index contributed by atoms with van der Waals surface area (Å²) in [7, 11) is 3.00. The highest BCUT2D eigenvalue weighted by Gasteiger charge is 2.16. The fourth-order valence-electron chi connectivity index (χ4n) is 2.20. The second kappa shape index (κ2) is 8.73. The van der Waals surface area contributed by atoms with Gasteiger partial charge < -0.3 is 18.9 Å². The summed E-state index contributed by atoms with van der Waals surface area (Å²) in [6.07, 6.45) is 0.0265. The van der Waals surface area contributed by atoms with Crippen LogP contribution in [0.25, 0.3) is 0 Å². The van der Waals surface area contributed by atoms with Crippen LogP contribution in [0.5, 0.6) is 17.2 Å². The van der Waals surface area contributed by atoms with E-state index in [0.717, 1.165) is 0 Å². The zero-order valence-electron chi connectivity index (χ0n) is 14.4. The van der Waals surface area contributed by atoms with Gasteiger partial charge in [0.05, 0.1) is 32.8 Å². The Morgan fingerprint density at radius 2 is 1.60 bits per heavy atom. The molecule has 0 aliphatic carbocycles.